The number of amides is 1. The first-order valence-corrected chi connectivity index (χ1v) is 8.79. The molecule has 0 aliphatic carbocycles. The predicted octanol–water partition coefficient (Wildman–Crippen LogP) is 4.33. The third-order valence-electron chi connectivity index (χ3n) is 3.36. The smallest absolute Gasteiger partial charge is 0.238 e. The van der Waals surface area contributed by atoms with Crippen LogP contribution in [0.2, 0.25) is 0 Å². The Kier molecular flexibility index (Phi) is 4.22. The van der Waals surface area contributed by atoms with Crippen LogP contribution in [-0.2, 0) is 4.79 Å². The predicted molar refractivity (Wildman–Crippen MR) is 87.3 cm³/mol. The second-order valence-corrected chi connectivity index (χ2v) is 6.63. The highest BCUT2D eigenvalue weighted by atomic mass is 32.2. The molecule has 0 radical (unpaired) electrons. The van der Waals surface area contributed by atoms with Gasteiger partial charge in [-0.1, -0.05) is 18.2 Å². The first-order chi connectivity index (χ1) is 10.2. The van der Waals surface area contributed by atoms with Gasteiger partial charge in [0.1, 0.15) is 11.2 Å². The lowest BCUT2D eigenvalue weighted by atomic mass is 10.2. The van der Waals surface area contributed by atoms with Crippen molar-refractivity contribution in [3.8, 4) is 0 Å². The standard InChI is InChI=1S/C16H14FNOS2/c1-20-14-7-5-11(6-8-14)16-18(15(19)10-21-16)13-4-2-3-12(17)9-13/h2-9,16H,10H2,1H3. The third-order valence-corrected chi connectivity index (χ3v) is 5.31. The van der Waals surface area contributed by atoms with Gasteiger partial charge < -0.3 is 0 Å². The van der Waals surface area contributed by atoms with Crippen molar-refractivity contribution in [1.82, 2.24) is 0 Å². The maximum Gasteiger partial charge on any atom is 0.238 e. The van der Waals surface area contributed by atoms with E-state index in [4.69, 9.17) is 0 Å². The van der Waals surface area contributed by atoms with Crippen LogP contribution in [0.15, 0.2) is 53.4 Å². The van der Waals surface area contributed by atoms with E-state index >= 15 is 0 Å². The molecular formula is C16H14FNOS2. The zero-order valence-corrected chi connectivity index (χ0v) is 13.1. The number of thioether (sulfide) groups is 2. The van der Waals surface area contributed by atoms with Gasteiger partial charge in [0, 0.05) is 10.6 Å². The number of halogens is 1. The summed E-state index contributed by atoms with van der Waals surface area (Å²) in [7, 11) is 0. The molecule has 1 aliphatic rings. The Bertz CT molecular complexity index is 660. The Morgan fingerprint density at radius 2 is 2.00 bits per heavy atom. The molecule has 1 fully saturated rings. The van der Waals surface area contributed by atoms with Crippen molar-refractivity contribution in [1.29, 1.82) is 0 Å². The van der Waals surface area contributed by atoms with E-state index in [1.807, 2.05) is 30.5 Å². The van der Waals surface area contributed by atoms with Gasteiger partial charge in [-0.2, -0.15) is 0 Å². The summed E-state index contributed by atoms with van der Waals surface area (Å²) in [5.41, 5.74) is 1.68. The number of carbonyl (C=O) groups is 1. The molecular weight excluding hydrogens is 305 g/mol. The summed E-state index contributed by atoms with van der Waals surface area (Å²) < 4.78 is 13.4. The maximum atomic E-state index is 13.4. The van der Waals surface area contributed by atoms with E-state index in [9.17, 15) is 9.18 Å². The second kappa shape index (κ2) is 6.12. The SMILES string of the molecule is CSc1ccc(C2SCC(=O)N2c2cccc(F)c2)cc1. The van der Waals surface area contributed by atoms with Gasteiger partial charge in [0.05, 0.1) is 5.75 Å². The lowest BCUT2D eigenvalue weighted by Crippen LogP contribution is -2.27. The fourth-order valence-electron chi connectivity index (χ4n) is 2.34. The summed E-state index contributed by atoms with van der Waals surface area (Å²) in [6.45, 7) is 0. The Labute approximate surface area is 131 Å². The number of rotatable bonds is 3. The molecule has 0 aromatic heterocycles. The van der Waals surface area contributed by atoms with Crippen molar-refractivity contribution in [2.75, 3.05) is 16.9 Å². The largest absolute Gasteiger partial charge is 0.295 e. The van der Waals surface area contributed by atoms with E-state index < -0.39 is 0 Å². The second-order valence-electron chi connectivity index (χ2n) is 4.68. The Morgan fingerprint density at radius 3 is 2.67 bits per heavy atom. The van der Waals surface area contributed by atoms with Gasteiger partial charge in [0.15, 0.2) is 0 Å². The normalized spacial score (nSPS) is 18.3. The molecule has 1 amide bonds. The molecule has 21 heavy (non-hydrogen) atoms. The van der Waals surface area contributed by atoms with E-state index in [2.05, 4.69) is 0 Å². The molecule has 0 spiro atoms. The van der Waals surface area contributed by atoms with Gasteiger partial charge in [-0.3, -0.25) is 9.69 Å². The quantitative estimate of drug-likeness (QED) is 0.786. The Morgan fingerprint density at radius 1 is 1.24 bits per heavy atom. The monoisotopic (exact) mass is 319 g/mol. The molecule has 1 aliphatic heterocycles. The van der Waals surface area contributed by atoms with Crippen LogP contribution >= 0.6 is 23.5 Å². The van der Waals surface area contributed by atoms with Crippen LogP contribution < -0.4 is 4.90 Å². The highest BCUT2D eigenvalue weighted by molar-refractivity contribution is 8.00. The number of benzene rings is 2. The minimum atomic E-state index is -0.325. The van der Waals surface area contributed by atoms with Gasteiger partial charge in [-0.15, -0.1) is 23.5 Å². The molecule has 2 nitrogen and oxygen atoms in total. The van der Waals surface area contributed by atoms with Crippen LogP contribution in [0.5, 0.6) is 0 Å². The topological polar surface area (TPSA) is 20.3 Å². The lowest BCUT2D eigenvalue weighted by Gasteiger charge is -2.24. The van der Waals surface area contributed by atoms with Gasteiger partial charge in [0.2, 0.25) is 5.91 Å². The van der Waals surface area contributed by atoms with Crippen LogP contribution in [-0.4, -0.2) is 17.9 Å². The van der Waals surface area contributed by atoms with E-state index in [1.165, 1.54) is 17.0 Å². The molecule has 0 saturated carbocycles. The van der Waals surface area contributed by atoms with E-state index in [1.54, 1.807) is 40.6 Å². The maximum absolute atomic E-state index is 13.4. The molecule has 0 bridgehead atoms. The molecule has 5 heteroatoms. The van der Waals surface area contributed by atoms with Crippen molar-refractivity contribution >= 4 is 35.1 Å². The zero-order chi connectivity index (χ0) is 14.8. The van der Waals surface area contributed by atoms with Crippen molar-refractivity contribution < 1.29 is 9.18 Å². The fourth-order valence-corrected chi connectivity index (χ4v) is 3.93. The number of carbonyl (C=O) groups excluding carboxylic acids is 1. The molecule has 1 saturated heterocycles. The summed E-state index contributed by atoms with van der Waals surface area (Å²) >= 11 is 3.26. The van der Waals surface area contributed by atoms with E-state index in [0.29, 0.717) is 11.4 Å². The van der Waals surface area contributed by atoms with Crippen molar-refractivity contribution in [3.63, 3.8) is 0 Å². The summed E-state index contributed by atoms with van der Waals surface area (Å²) in [6, 6.07) is 14.4. The van der Waals surface area contributed by atoms with E-state index in [-0.39, 0.29) is 17.1 Å². The molecule has 3 rings (SSSR count). The fraction of sp³-hybridized carbons (Fsp3) is 0.188. The molecule has 1 heterocycles. The Balaban J connectivity index is 1.95. The van der Waals surface area contributed by atoms with Crippen LogP contribution in [0, 0.1) is 5.82 Å². The summed E-state index contributed by atoms with van der Waals surface area (Å²) in [5, 5.41) is -0.0878. The van der Waals surface area contributed by atoms with Gasteiger partial charge >= 0.3 is 0 Å². The Hall–Kier alpha value is -1.46. The van der Waals surface area contributed by atoms with Gasteiger partial charge in [-0.05, 0) is 42.2 Å². The summed E-state index contributed by atoms with van der Waals surface area (Å²) in [6.07, 6.45) is 2.03. The van der Waals surface area contributed by atoms with E-state index in [0.717, 1.165) is 5.56 Å². The molecule has 0 N–H and O–H groups in total. The average molecular weight is 319 g/mol. The zero-order valence-electron chi connectivity index (χ0n) is 11.5. The van der Waals surface area contributed by atoms with Gasteiger partial charge in [-0.25, -0.2) is 4.39 Å². The summed E-state index contributed by atoms with van der Waals surface area (Å²) in [5.74, 6) is 0.115. The first-order valence-electron chi connectivity index (χ1n) is 6.52. The van der Waals surface area contributed by atoms with Gasteiger partial charge in [0.25, 0.3) is 0 Å². The van der Waals surface area contributed by atoms with Crippen molar-refractivity contribution in [2.24, 2.45) is 0 Å². The third kappa shape index (κ3) is 2.94. The minimum absolute atomic E-state index is 0.0181. The molecule has 108 valence electrons. The number of nitrogens with zero attached hydrogens (tertiary/aromatic N) is 1. The first kappa shape index (κ1) is 14.5. The minimum Gasteiger partial charge on any atom is -0.295 e. The van der Waals surface area contributed by atoms with Crippen LogP contribution in [0.25, 0.3) is 0 Å². The molecule has 2 aromatic rings. The average Bonchev–Trinajstić information content (AvgIpc) is 2.89. The van der Waals surface area contributed by atoms with Crippen LogP contribution in [0.1, 0.15) is 10.9 Å². The van der Waals surface area contributed by atoms with Crippen LogP contribution in [0.4, 0.5) is 10.1 Å². The van der Waals surface area contributed by atoms with Crippen molar-refractivity contribution in [3.05, 3.63) is 59.9 Å². The van der Waals surface area contributed by atoms with Crippen LogP contribution in [0.3, 0.4) is 0 Å². The lowest BCUT2D eigenvalue weighted by molar-refractivity contribution is -0.115. The number of anilines is 1. The molecule has 1 atom stereocenters. The molecule has 1 unspecified atom stereocenters. The van der Waals surface area contributed by atoms with Crippen molar-refractivity contribution in [2.45, 2.75) is 10.3 Å². The highest BCUT2D eigenvalue weighted by Gasteiger charge is 2.34. The summed E-state index contributed by atoms with van der Waals surface area (Å²) in [4.78, 5) is 15.0. The number of hydrogen-bond donors (Lipinski definition) is 0. The highest BCUT2D eigenvalue weighted by Crippen LogP contribution is 2.42. The number of hydrogen-bond acceptors (Lipinski definition) is 3. The molecule has 2 aromatic carbocycles.